The fourth-order valence-electron chi connectivity index (χ4n) is 3.57. The summed E-state index contributed by atoms with van der Waals surface area (Å²) < 4.78 is 10.8. The van der Waals surface area contributed by atoms with Crippen LogP contribution in [0.4, 0.5) is 5.69 Å². The van der Waals surface area contributed by atoms with E-state index in [1.165, 1.54) is 19.3 Å². The van der Waals surface area contributed by atoms with Crippen LogP contribution in [-0.2, 0) is 0 Å². The van der Waals surface area contributed by atoms with Gasteiger partial charge in [0.2, 0.25) is 6.79 Å². The Hall–Kier alpha value is -1.38. The Morgan fingerprint density at radius 1 is 1.15 bits per heavy atom. The summed E-state index contributed by atoms with van der Waals surface area (Å²) in [5, 5.41) is 3.74. The van der Waals surface area contributed by atoms with Gasteiger partial charge in [0.25, 0.3) is 0 Å². The van der Waals surface area contributed by atoms with Gasteiger partial charge in [-0.1, -0.05) is 27.2 Å². The molecular formula is C17H25NO2. The number of anilines is 1. The van der Waals surface area contributed by atoms with Crippen LogP contribution in [0.3, 0.4) is 0 Å². The molecule has 1 heterocycles. The zero-order chi connectivity index (χ0) is 14.1. The van der Waals surface area contributed by atoms with Gasteiger partial charge in [0.1, 0.15) is 0 Å². The van der Waals surface area contributed by atoms with Crippen LogP contribution in [0.2, 0.25) is 0 Å². The van der Waals surface area contributed by atoms with Gasteiger partial charge in [0.15, 0.2) is 11.5 Å². The maximum absolute atomic E-state index is 5.46. The molecule has 0 amide bonds. The molecule has 1 fully saturated rings. The zero-order valence-electron chi connectivity index (χ0n) is 12.7. The first-order valence-corrected chi connectivity index (χ1v) is 7.79. The smallest absolute Gasteiger partial charge is 0.231 e. The first-order valence-electron chi connectivity index (χ1n) is 7.79. The van der Waals surface area contributed by atoms with Crippen LogP contribution in [0.25, 0.3) is 0 Å². The number of rotatable bonds is 3. The van der Waals surface area contributed by atoms with Gasteiger partial charge in [0, 0.05) is 17.8 Å². The van der Waals surface area contributed by atoms with Crippen molar-refractivity contribution in [3.05, 3.63) is 18.2 Å². The third-order valence-electron chi connectivity index (χ3n) is 4.75. The molecule has 2 aliphatic rings. The van der Waals surface area contributed by atoms with Crippen molar-refractivity contribution in [1.82, 2.24) is 0 Å². The zero-order valence-corrected chi connectivity index (χ0v) is 12.7. The second-order valence-corrected chi connectivity index (χ2v) is 6.64. The van der Waals surface area contributed by atoms with Crippen LogP contribution >= 0.6 is 0 Å². The summed E-state index contributed by atoms with van der Waals surface area (Å²) in [5.74, 6) is 4.02. The summed E-state index contributed by atoms with van der Waals surface area (Å²) in [6.45, 7) is 7.39. The number of nitrogens with one attached hydrogen (secondary N) is 1. The highest BCUT2D eigenvalue weighted by Gasteiger charge is 2.30. The third-order valence-corrected chi connectivity index (χ3v) is 4.75. The van der Waals surface area contributed by atoms with Gasteiger partial charge in [-0.25, -0.2) is 0 Å². The van der Waals surface area contributed by atoms with Gasteiger partial charge < -0.3 is 14.8 Å². The lowest BCUT2D eigenvalue weighted by Crippen LogP contribution is -2.37. The van der Waals surface area contributed by atoms with E-state index in [0.29, 0.717) is 12.8 Å². The highest BCUT2D eigenvalue weighted by atomic mass is 16.7. The second kappa shape index (κ2) is 5.55. The Labute approximate surface area is 121 Å². The van der Waals surface area contributed by atoms with Crippen molar-refractivity contribution in [3.8, 4) is 11.5 Å². The topological polar surface area (TPSA) is 30.5 Å². The molecule has 1 N–H and O–H groups in total. The Balaban J connectivity index is 1.74. The molecule has 0 bridgehead atoms. The molecule has 3 atom stereocenters. The van der Waals surface area contributed by atoms with Crippen LogP contribution < -0.4 is 14.8 Å². The van der Waals surface area contributed by atoms with E-state index in [-0.39, 0.29) is 0 Å². The van der Waals surface area contributed by atoms with Gasteiger partial charge in [-0.05, 0) is 42.7 Å². The van der Waals surface area contributed by atoms with Crippen LogP contribution in [-0.4, -0.2) is 12.8 Å². The van der Waals surface area contributed by atoms with E-state index in [1.807, 2.05) is 6.07 Å². The molecule has 1 aliphatic carbocycles. The molecule has 20 heavy (non-hydrogen) atoms. The van der Waals surface area contributed by atoms with Gasteiger partial charge >= 0.3 is 0 Å². The predicted octanol–water partition coefficient (Wildman–Crippen LogP) is 4.29. The molecule has 3 unspecified atom stereocenters. The van der Waals surface area contributed by atoms with E-state index in [9.17, 15) is 0 Å². The summed E-state index contributed by atoms with van der Waals surface area (Å²) in [5.41, 5.74) is 1.15. The molecule has 0 radical (unpaired) electrons. The first-order chi connectivity index (χ1) is 9.63. The fourth-order valence-corrected chi connectivity index (χ4v) is 3.57. The van der Waals surface area contributed by atoms with Crippen molar-refractivity contribution >= 4 is 5.69 Å². The molecule has 3 heteroatoms. The normalized spacial score (nSPS) is 28.7. The van der Waals surface area contributed by atoms with E-state index < -0.39 is 0 Å². The molecule has 1 aromatic carbocycles. The van der Waals surface area contributed by atoms with Crippen molar-refractivity contribution in [2.45, 2.75) is 46.1 Å². The Bertz CT molecular complexity index is 472. The molecule has 1 aliphatic heterocycles. The van der Waals surface area contributed by atoms with Gasteiger partial charge in [0.05, 0.1) is 0 Å². The summed E-state index contributed by atoms with van der Waals surface area (Å²) in [7, 11) is 0. The van der Waals surface area contributed by atoms with Gasteiger partial charge in [-0.3, -0.25) is 0 Å². The van der Waals surface area contributed by atoms with Crippen LogP contribution in [0.1, 0.15) is 40.0 Å². The lowest BCUT2D eigenvalue weighted by molar-refractivity contribution is 0.174. The SMILES string of the molecule is CC1CCC(C(C)C)C(Nc2ccc3c(c2)OCO3)C1. The molecular weight excluding hydrogens is 250 g/mol. The fraction of sp³-hybridized carbons (Fsp3) is 0.647. The molecule has 0 spiro atoms. The van der Waals surface area contributed by atoms with Crippen LogP contribution in [0.5, 0.6) is 11.5 Å². The molecule has 0 aromatic heterocycles. The Morgan fingerprint density at radius 2 is 1.95 bits per heavy atom. The largest absolute Gasteiger partial charge is 0.454 e. The van der Waals surface area contributed by atoms with Crippen LogP contribution in [0, 0.1) is 17.8 Å². The lowest BCUT2D eigenvalue weighted by Gasteiger charge is -2.38. The molecule has 1 saturated carbocycles. The lowest BCUT2D eigenvalue weighted by atomic mass is 9.74. The maximum Gasteiger partial charge on any atom is 0.231 e. The highest BCUT2D eigenvalue weighted by molar-refractivity contribution is 5.56. The monoisotopic (exact) mass is 275 g/mol. The molecule has 110 valence electrons. The number of benzene rings is 1. The van der Waals surface area contributed by atoms with E-state index >= 15 is 0 Å². The van der Waals surface area contributed by atoms with Crippen molar-refractivity contribution in [2.75, 3.05) is 12.1 Å². The molecule has 3 rings (SSSR count). The minimum absolute atomic E-state index is 0.341. The third kappa shape index (κ3) is 2.72. The van der Waals surface area contributed by atoms with Crippen molar-refractivity contribution in [1.29, 1.82) is 0 Å². The average molecular weight is 275 g/mol. The number of hydrogen-bond acceptors (Lipinski definition) is 3. The Morgan fingerprint density at radius 3 is 2.75 bits per heavy atom. The first kappa shape index (κ1) is 13.6. The van der Waals surface area contributed by atoms with Crippen molar-refractivity contribution in [3.63, 3.8) is 0 Å². The van der Waals surface area contributed by atoms with Gasteiger partial charge in [-0.2, -0.15) is 0 Å². The van der Waals surface area contributed by atoms with Crippen molar-refractivity contribution < 1.29 is 9.47 Å². The van der Waals surface area contributed by atoms with E-state index in [0.717, 1.165) is 34.9 Å². The summed E-state index contributed by atoms with van der Waals surface area (Å²) in [4.78, 5) is 0. The summed E-state index contributed by atoms with van der Waals surface area (Å²) in [6, 6.07) is 6.74. The molecule has 0 saturated heterocycles. The predicted molar refractivity (Wildman–Crippen MR) is 81.3 cm³/mol. The average Bonchev–Trinajstić information content (AvgIpc) is 2.85. The van der Waals surface area contributed by atoms with Crippen LogP contribution in [0.15, 0.2) is 18.2 Å². The second-order valence-electron chi connectivity index (χ2n) is 6.64. The quantitative estimate of drug-likeness (QED) is 0.892. The van der Waals surface area contributed by atoms with E-state index in [4.69, 9.17) is 9.47 Å². The number of hydrogen-bond donors (Lipinski definition) is 1. The number of ether oxygens (including phenoxy) is 2. The van der Waals surface area contributed by atoms with Gasteiger partial charge in [-0.15, -0.1) is 0 Å². The highest BCUT2D eigenvalue weighted by Crippen LogP contribution is 2.38. The minimum Gasteiger partial charge on any atom is -0.454 e. The summed E-state index contributed by atoms with van der Waals surface area (Å²) in [6.07, 6.45) is 3.96. The Kier molecular flexibility index (Phi) is 3.77. The minimum atomic E-state index is 0.341. The standard InChI is InChI=1S/C17H25NO2/c1-11(2)14-6-4-12(3)8-15(14)18-13-5-7-16-17(9-13)20-10-19-16/h5,7,9,11-12,14-15,18H,4,6,8,10H2,1-3H3. The molecule has 3 nitrogen and oxygen atoms in total. The van der Waals surface area contributed by atoms with E-state index in [1.54, 1.807) is 0 Å². The maximum atomic E-state index is 5.46. The summed E-state index contributed by atoms with van der Waals surface area (Å²) >= 11 is 0. The molecule has 1 aromatic rings. The van der Waals surface area contributed by atoms with Crippen molar-refractivity contribution in [2.24, 2.45) is 17.8 Å². The number of fused-ring (bicyclic) bond motifs is 1. The van der Waals surface area contributed by atoms with E-state index in [2.05, 4.69) is 38.2 Å².